The van der Waals surface area contributed by atoms with Crippen LogP contribution in [-0.2, 0) is 24.2 Å². The maximum atomic E-state index is 13.0. The first-order valence-corrected chi connectivity index (χ1v) is 14.2. The molecule has 4 rings (SSSR count). The molecule has 0 saturated heterocycles. The van der Waals surface area contributed by atoms with Crippen molar-refractivity contribution in [3.05, 3.63) is 122 Å². The molecule has 11 heteroatoms. The maximum absolute atomic E-state index is 13.0. The third kappa shape index (κ3) is 8.63. The van der Waals surface area contributed by atoms with Crippen LogP contribution in [-0.4, -0.2) is 13.0 Å². The Kier molecular flexibility index (Phi) is 10.5. The van der Waals surface area contributed by atoms with Crippen LogP contribution < -0.4 is 19.5 Å². The lowest BCUT2D eigenvalue weighted by Crippen LogP contribution is -2.14. The van der Waals surface area contributed by atoms with E-state index in [0.717, 1.165) is 23.3 Å². The van der Waals surface area contributed by atoms with Gasteiger partial charge in [0.25, 0.3) is 5.91 Å². The van der Waals surface area contributed by atoms with E-state index in [1.807, 2.05) is 48.5 Å². The quantitative estimate of drug-likeness (QED) is 0.131. The van der Waals surface area contributed by atoms with Crippen LogP contribution in [0.5, 0.6) is 17.2 Å². The number of anilines is 1. The second kappa shape index (κ2) is 14.3. The van der Waals surface area contributed by atoms with E-state index < -0.39 is 17.6 Å². The number of hydrogen-bond acceptors (Lipinski definition) is 5. The average Bonchev–Trinajstić information content (AvgIpc) is 2.98. The highest BCUT2D eigenvalue weighted by Crippen LogP contribution is 2.37. The molecule has 0 aliphatic rings. The molecule has 0 heterocycles. The smallest absolute Gasteiger partial charge is 0.416 e. The van der Waals surface area contributed by atoms with Crippen LogP contribution in [0.1, 0.15) is 22.3 Å². The predicted octanol–water partition coefficient (Wildman–Crippen LogP) is 8.94. The molecular weight excluding hydrogens is 693 g/mol. The van der Waals surface area contributed by atoms with Crippen molar-refractivity contribution in [1.29, 1.82) is 5.26 Å². The Bertz CT molecular complexity index is 1660. The van der Waals surface area contributed by atoms with Crippen LogP contribution in [0.15, 0.2) is 99.4 Å². The van der Waals surface area contributed by atoms with Gasteiger partial charge in [0, 0.05) is 5.69 Å². The normalized spacial score (nSPS) is 11.4. The highest BCUT2D eigenvalue weighted by Gasteiger charge is 2.30. The summed E-state index contributed by atoms with van der Waals surface area (Å²) in [6.07, 6.45) is -3.25. The Morgan fingerprint density at radius 2 is 1.58 bits per heavy atom. The van der Waals surface area contributed by atoms with Crippen molar-refractivity contribution >= 4 is 49.5 Å². The Hall–Kier alpha value is -4.27. The summed E-state index contributed by atoms with van der Waals surface area (Å²) in [7, 11) is 1.56. The van der Waals surface area contributed by atoms with Gasteiger partial charge in [-0.2, -0.15) is 18.4 Å². The van der Waals surface area contributed by atoms with Crippen LogP contribution in [0.25, 0.3) is 6.08 Å². The molecule has 0 unspecified atom stereocenters. The number of carbonyl (C=O) groups is 1. The standard InChI is InChI=1S/C32H23Br2F3N2O4/c1-41-29-15-21(10-11-28(29)42-18-20-6-3-2-4-7-20)19-43-30-26(33)13-22(14-27(30)34)12-23(17-38)31(40)39-25-9-5-8-24(16-25)32(35,36)37/h2-16H,18-19H2,1H3,(H,39,40)/b23-12+. The molecule has 0 radical (unpaired) electrons. The maximum Gasteiger partial charge on any atom is 0.416 e. The molecule has 1 N–H and O–H groups in total. The fraction of sp³-hybridized carbons (Fsp3) is 0.125. The highest BCUT2D eigenvalue weighted by molar-refractivity contribution is 9.11. The average molecular weight is 716 g/mol. The summed E-state index contributed by atoms with van der Waals surface area (Å²) in [5.74, 6) is 0.786. The number of nitriles is 1. The van der Waals surface area contributed by atoms with Crippen LogP contribution >= 0.6 is 31.9 Å². The number of carbonyl (C=O) groups excluding carboxylic acids is 1. The van der Waals surface area contributed by atoms with Gasteiger partial charge in [-0.3, -0.25) is 4.79 Å². The molecule has 0 aliphatic heterocycles. The number of ether oxygens (including phenoxy) is 3. The molecular formula is C32H23Br2F3N2O4. The summed E-state index contributed by atoms with van der Waals surface area (Å²) in [5.41, 5.74) is 1.03. The van der Waals surface area contributed by atoms with Gasteiger partial charge in [0.1, 0.15) is 30.6 Å². The van der Waals surface area contributed by atoms with E-state index in [0.29, 0.717) is 38.4 Å². The molecule has 0 saturated carbocycles. The van der Waals surface area contributed by atoms with Gasteiger partial charge in [-0.25, -0.2) is 0 Å². The summed E-state index contributed by atoms with van der Waals surface area (Å²) in [6, 6.07) is 24.5. The summed E-state index contributed by atoms with van der Waals surface area (Å²) in [5, 5.41) is 11.9. The van der Waals surface area contributed by atoms with E-state index in [9.17, 15) is 23.2 Å². The number of benzene rings is 4. The minimum Gasteiger partial charge on any atom is -0.493 e. The first kappa shape index (κ1) is 31.7. The van der Waals surface area contributed by atoms with Crippen LogP contribution in [0.4, 0.5) is 18.9 Å². The molecule has 1 amide bonds. The summed E-state index contributed by atoms with van der Waals surface area (Å²) >= 11 is 6.93. The summed E-state index contributed by atoms with van der Waals surface area (Å²) in [6.45, 7) is 0.596. The third-order valence-corrected chi connectivity index (χ3v) is 7.17. The topological polar surface area (TPSA) is 80.6 Å². The van der Waals surface area contributed by atoms with Crippen molar-refractivity contribution in [3.8, 4) is 23.3 Å². The predicted molar refractivity (Wildman–Crippen MR) is 164 cm³/mol. The van der Waals surface area contributed by atoms with Crippen molar-refractivity contribution in [3.63, 3.8) is 0 Å². The van der Waals surface area contributed by atoms with Crippen molar-refractivity contribution in [1.82, 2.24) is 0 Å². The minimum atomic E-state index is -4.57. The Balaban J connectivity index is 1.44. The minimum absolute atomic E-state index is 0.0838. The largest absolute Gasteiger partial charge is 0.493 e. The van der Waals surface area contributed by atoms with E-state index in [1.165, 1.54) is 18.2 Å². The Morgan fingerprint density at radius 3 is 2.23 bits per heavy atom. The monoisotopic (exact) mass is 714 g/mol. The molecule has 6 nitrogen and oxygen atoms in total. The van der Waals surface area contributed by atoms with Crippen molar-refractivity contribution in [2.75, 3.05) is 12.4 Å². The molecule has 0 bridgehead atoms. The third-order valence-electron chi connectivity index (χ3n) is 5.99. The first-order valence-electron chi connectivity index (χ1n) is 12.6. The van der Waals surface area contributed by atoms with Gasteiger partial charge in [0.15, 0.2) is 11.5 Å². The number of nitrogens with one attached hydrogen (secondary N) is 1. The van der Waals surface area contributed by atoms with Gasteiger partial charge < -0.3 is 19.5 Å². The molecule has 43 heavy (non-hydrogen) atoms. The molecule has 0 aromatic heterocycles. The van der Waals surface area contributed by atoms with Crippen molar-refractivity contribution in [2.45, 2.75) is 19.4 Å². The van der Waals surface area contributed by atoms with E-state index in [-0.39, 0.29) is 17.9 Å². The fourth-order valence-electron chi connectivity index (χ4n) is 3.90. The zero-order valence-electron chi connectivity index (χ0n) is 22.5. The van der Waals surface area contributed by atoms with E-state index in [4.69, 9.17) is 14.2 Å². The number of rotatable bonds is 10. The summed E-state index contributed by atoms with van der Waals surface area (Å²) in [4.78, 5) is 12.6. The SMILES string of the molecule is COc1cc(COc2c(Br)cc(/C=C(\C#N)C(=O)Nc3cccc(C(F)(F)F)c3)cc2Br)ccc1OCc1ccccc1. The summed E-state index contributed by atoms with van der Waals surface area (Å²) < 4.78 is 57.5. The molecule has 0 spiro atoms. The van der Waals surface area contributed by atoms with Crippen molar-refractivity contribution in [2.24, 2.45) is 0 Å². The lowest BCUT2D eigenvalue weighted by Gasteiger charge is -2.14. The zero-order chi connectivity index (χ0) is 31.0. The van der Waals surface area contributed by atoms with Gasteiger partial charge in [-0.05, 0) is 97.1 Å². The number of amides is 1. The van der Waals surface area contributed by atoms with Gasteiger partial charge >= 0.3 is 6.18 Å². The number of nitrogens with zero attached hydrogens (tertiary/aromatic N) is 1. The van der Waals surface area contributed by atoms with Gasteiger partial charge in [0.05, 0.1) is 21.6 Å². The number of halogens is 5. The molecule has 220 valence electrons. The van der Waals surface area contributed by atoms with Gasteiger partial charge in [0.2, 0.25) is 0 Å². The fourth-order valence-corrected chi connectivity index (χ4v) is 5.35. The lowest BCUT2D eigenvalue weighted by atomic mass is 10.1. The van der Waals surface area contributed by atoms with Crippen LogP contribution in [0.3, 0.4) is 0 Å². The second-order valence-corrected chi connectivity index (χ2v) is 10.8. The Labute approximate surface area is 263 Å². The second-order valence-electron chi connectivity index (χ2n) is 9.06. The Morgan fingerprint density at radius 1 is 0.884 bits per heavy atom. The number of alkyl halides is 3. The van der Waals surface area contributed by atoms with E-state index in [2.05, 4.69) is 37.2 Å². The number of hydrogen-bond donors (Lipinski definition) is 1. The van der Waals surface area contributed by atoms with E-state index >= 15 is 0 Å². The molecule has 0 aliphatic carbocycles. The van der Waals surface area contributed by atoms with Crippen molar-refractivity contribution < 1.29 is 32.2 Å². The molecule has 0 fully saturated rings. The lowest BCUT2D eigenvalue weighted by molar-refractivity contribution is -0.137. The van der Waals surface area contributed by atoms with Gasteiger partial charge in [-0.1, -0.05) is 42.5 Å². The first-order chi connectivity index (χ1) is 20.6. The van der Waals surface area contributed by atoms with Crippen LogP contribution in [0, 0.1) is 11.3 Å². The highest BCUT2D eigenvalue weighted by atomic mass is 79.9. The molecule has 4 aromatic rings. The zero-order valence-corrected chi connectivity index (χ0v) is 25.7. The number of methoxy groups -OCH3 is 1. The molecule has 4 aromatic carbocycles. The van der Waals surface area contributed by atoms with Gasteiger partial charge in [-0.15, -0.1) is 0 Å². The van der Waals surface area contributed by atoms with E-state index in [1.54, 1.807) is 25.3 Å². The molecule has 0 atom stereocenters. The van der Waals surface area contributed by atoms with Crippen LogP contribution in [0.2, 0.25) is 0 Å².